The van der Waals surface area contributed by atoms with Gasteiger partial charge in [0.1, 0.15) is 6.04 Å². The van der Waals surface area contributed by atoms with Gasteiger partial charge in [0.05, 0.1) is 5.92 Å². The van der Waals surface area contributed by atoms with Gasteiger partial charge in [-0.1, -0.05) is 88.7 Å². The van der Waals surface area contributed by atoms with Crippen LogP contribution in [0.25, 0.3) is 0 Å². The zero-order valence-electron chi connectivity index (χ0n) is 15.1. The largest absolute Gasteiger partial charge is 0.480 e. The first-order valence-electron chi connectivity index (χ1n) is 8.92. The number of aliphatic carboxylic acids is 1. The number of hydrogen-bond donors (Lipinski definition) is 2. The molecule has 0 spiro atoms. The molecule has 0 fully saturated rings. The van der Waals surface area contributed by atoms with Crippen molar-refractivity contribution in [3.63, 3.8) is 0 Å². The molecule has 0 saturated carbocycles. The quantitative estimate of drug-likeness (QED) is 0.575. The average molecular weight is 438 g/mol. The number of benzene rings is 3. The van der Waals surface area contributed by atoms with Gasteiger partial charge < -0.3 is 10.4 Å². The Morgan fingerprint density at radius 1 is 0.821 bits per heavy atom. The minimum atomic E-state index is -1.06. The summed E-state index contributed by atoms with van der Waals surface area (Å²) < 4.78 is 0.917. The Bertz CT molecular complexity index is 888. The molecule has 3 aromatic rings. The van der Waals surface area contributed by atoms with Crippen molar-refractivity contribution in [3.05, 3.63) is 106 Å². The van der Waals surface area contributed by atoms with Crippen molar-refractivity contribution < 1.29 is 14.7 Å². The van der Waals surface area contributed by atoms with Crippen LogP contribution in [0.5, 0.6) is 0 Å². The zero-order valence-corrected chi connectivity index (χ0v) is 16.7. The van der Waals surface area contributed by atoms with Crippen LogP contribution in [0, 0.1) is 0 Å². The molecule has 0 saturated heterocycles. The number of carboxylic acid groups (broad SMARTS) is 1. The predicted molar refractivity (Wildman–Crippen MR) is 112 cm³/mol. The van der Waals surface area contributed by atoms with Crippen LogP contribution >= 0.6 is 15.9 Å². The Kier molecular flexibility index (Phi) is 6.61. The predicted octanol–water partition coefficient (Wildman–Crippen LogP) is 4.39. The minimum absolute atomic E-state index is 0.213. The Balaban J connectivity index is 1.85. The van der Waals surface area contributed by atoms with Gasteiger partial charge in [-0.25, -0.2) is 4.79 Å². The van der Waals surface area contributed by atoms with E-state index in [0.29, 0.717) is 0 Å². The first kappa shape index (κ1) is 19.8. The first-order valence-corrected chi connectivity index (χ1v) is 9.71. The van der Waals surface area contributed by atoms with Crippen molar-refractivity contribution in [1.29, 1.82) is 0 Å². The molecule has 1 amide bonds. The first-order chi connectivity index (χ1) is 13.5. The van der Waals surface area contributed by atoms with E-state index in [1.807, 2.05) is 84.9 Å². The minimum Gasteiger partial charge on any atom is -0.480 e. The Morgan fingerprint density at radius 2 is 1.32 bits per heavy atom. The van der Waals surface area contributed by atoms with Crippen LogP contribution in [-0.2, 0) is 16.0 Å². The Morgan fingerprint density at radius 3 is 1.79 bits per heavy atom. The van der Waals surface area contributed by atoms with Crippen molar-refractivity contribution in [2.45, 2.75) is 18.4 Å². The summed E-state index contributed by atoms with van der Waals surface area (Å²) in [6, 6.07) is 25.1. The third-order valence-electron chi connectivity index (χ3n) is 4.50. The molecular formula is C23H20BrNO3. The van der Waals surface area contributed by atoms with Gasteiger partial charge in [0, 0.05) is 10.9 Å². The van der Waals surface area contributed by atoms with E-state index < -0.39 is 17.9 Å². The summed E-state index contributed by atoms with van der Waals surface area (Å²) in [6.45, 7) is 0. The molecule has 28 heavy (non-hydrogen) atoms. The summed E-state index contributed by atoms with van der Waals surface area (Å²) in [5.41, 5.74) is 2.48. The van der Waals surface area contributed by atoms with Crippen LogP contribution in [0.3, 0.4) is 0 Å². The van der Waals surface area contributed by atoms with Gasteiger partial charge in [0.25, 0.3) is 0 Å². The smallest absolute Gasteiger partial charge is 0.326 e. The van der Waals surface area contributed by atoms with Crippen LogP contribution in [-0.4, -0.2) is 23.0 Å². The van der Waals surface area contributed by atoms with Crippen molar-refractivity contribution in [1.82, 2.24) is 5.32 Å². The average Bonchev–Trinajstić information content (AvgIpc) is 2.71. The number of halogens is 1. The van der Waals surface area contributed by atoms with Crippen molar-refractivity contribution >= 4 is 27.8 Å². The van der Waals surface area contributed by atoms with Gasteiger partial charge in [-0.15, -0.1) is 0 Å². The van der Waals surface area contributed by atoms with E-state index in [1.54, 1.807) is 0 Å². The monoisotopic (exact) mass is 437 g/mol. The second-order valence-electron chi connectivity index (χ2n) is 6.48. The van der Waals surface area contributed by atoms with Gasteiger partial charge in [0.2, 0.25) is 5.91 Å². The van der Waals surface area contributed by atoms with E-state index in [1.165, 1.54) is 0 Å². The Hall–Kier alpha value is -2.92. The molecule has 142 valence electrons. The van der Waals surface area contributed by atoms with E-state index in [4.69, 9.17) is 0 Å². The fraction of sp³-hybridized carbons (Fsp3) is 0.130. The van der Waals surface area contributed by atoms with Crippen LogP contribution < -0.4 is 5.32 Å². The molecule has 0 aliphatic rings. The van der Waals surface area contributed by atoms with Crippen LogP contribution in [0.1, 0.15) is 22.6 Å². The van der Waals surface area contributed by atoms with E-state index in [0.717, 1.165) is 21.2 Å². The topological polar surface area (TPSA) is 66.4 Å². The van der Waals surface area contributed by atoms with Crippen molar-refractivity contribution in [2.24, 2.45) is 0 Å². The maximum atomic E-state index is 13.1. The number of hydrogen-bond acceptors (Lipinski definition) is 2. The number of nitrogens with one attached hydrogen (secondary N) is 1. The summed E-state index contributed by atoms with van der Waals surface area (Å²) in [5.74, 6) is -1.97. The van der Waals surface area contributed by atoms with E-state index in [9.17, 15) is 14.7 Å². The molecule has 0 aliphatic heterocycles. The molecule has 0 aromatic heterocycles. The van der Waals surface area contributed by atoms with Gasteiger partial charge in [-0.05, 0) is 28.8 Å². The van der Waals surface area contributed by atoms with E-state index in [-0.39, 0.29) is 12.3 Å². The lowest BCUT2D eigenvalue weighted by Crippen LogP contribution is -2.44. The van der Waals surface area contributed by atoms with Crippen LogP contribution in [0.4, 0.5) is 0 Å². The lowest BCUT2D eigenvalue weighted by atomic mass is 9.90. The number of carbonyl (C=O) groups is 2. The third-order valence-corrected chi connectivity index (χ3v) is 5.02. The normalized spacial score (nSPS) is 11.8. The number of amides is 1. The van der Waals surface area contributed by atoms with Crippen molar-refractivity contribution in [2.75, 3.05) is 0 Å². The molecule has 0 unspecified atom stereocenters. The maximum Gasteiger partial charge on any atom is 0.326 e. The van der Waals surface area contributed by atoms with Crippen molar-refractivity contribution in [3.8, 4) is 0 Å². The maximum absolute atomic E-state index is 13.1. The summed E-state index contributed by atoms with van der Waals surface area (Å²) in [4.78, 5) is 24.9. The Labute approximate surface area is 172 Å². The SMILES string of the molecule is O=C(N[C@@H](Cc1ccc(Br)cc1)C(=O)O)C(c1ccccc1)c1ccccc1. The van der Waals surface area contributed by atoms with Gasteiger partial charge >= 0.3 is 5.97 Å². The number of carboxylic acids is 1. The summed E-state index contributed by atoms with van der Waals surface area (Å²) in [7, 11) is 0. The second-order valence-corrected chi connectivity index (χ2v) is 7.40. The summed E-state index contributed by atoms with van der Waals surface area (Å²) >= 11 is 3.37. The molecule has 5 heteroatoms. The molecule has 2 N–H and O–H groups in total. The molecule has 4 nitrogen and oxygen atoms in total. The van der Waals surface area contributed by atoms with Gasteiger partial charge in [0.15, 0.2) is 0 Å². The standard InChI is InChI=1S/C23H20BrNO3/c24-19-13-11-16(12-14-19)15-20(23(27)28)25-22(26)21(17-7-3-1-4-8-17)18-9-5-2-6-10-18/h1-14,20-21H,15H2,(H,25,26)(H,27,28)/t20-/m0/s1. The highest BCUT2D eigenvalue weighted by atomic mass is 79.9. The highest BCUT2D eigenvalue weighted by Gasteiger charge is 2.27. The van der Waals surface area contributed by atoms with Crippen LogP contribution in [0.15, 0.2) is 89.4 Å². The molecule has 0 bridgehead atoms. The molecule has 3 rings (SSSR count). The second kappa shape index (κ2) is 9.33. The third kappa shape index (κ3) is 5.08. The molecule has 0 aliphatic carbocycles. The summed E-state index contributed by atoms with van der Waals surface area (Å²) in [5, 5.41) is 12.4. The highest BCUT2D eigenvalue weighted by Crippen LogP contribution is 2.25. The fourth-order valence-corrected chi connectivity index (χ4v) is 3.36. The zero-order chi connectivity index (χ0) is 19.9. The lowest BCUT2D eigenvalue weighted by molar-refractivity contribution is -0.141. The molecule has 1 atom stereocenters. The van der Waals surface area contributed by atoms with Crippen LogP contribution in [0.2, 0.25) is 0 Å². The van der Waals surface area contributed by atoms with Gasteiger partial charge in [-0.2, -0.15) is 0 Å². The van der Waals surface area contributed by atoms with Gasteiger partial charge in [-0.3, -0.25) is 4.79 Å². The fourth-order valence-electron chi connectivity index (χ4n) is 3.10. The molecule has 0 radical (unpaired) electrons. The van der Waals surface area contributed by atoms with E-state index >= 15 is 0 Å². The van der Waals surface area contributed by atoms with E-state index in [2.05, 4.69) is 21.2 Å². The summed E-state index contributed by atoms with van der Waals surface area (Å²) in [6.07, 6.45) is 0.213. The molecule has 0 heterocycles. The molecular weight excluding hydrogens is 418 g/mol. The lowest BCUT2D eigenvalue weighted by Gasteiger charge is -2.21. The molecule has 3 aromatic carbocycles. The highest BCUT2D eigenvalue weighted by molar-refractivity contribution is 9.10. The number of carbonyl (C=O) groups excluding carboxylic acids is 1. The number of rotatable bonds is 7.